The Morgan fingerprint density at radius 1 is 1.28 bits per heavy atom. The highest BCUT2D eigenvalue weighted by Gasteiger charge is 2.65. The van der Waals surface area contributed by atoms with Crippen molar-refractivity contribution >= 4 is 23.2 Å². The molecule has 3 fully saturated rings. The van der Waals surface area contributed by atoms with Gasteiger partial charge in [0.15, 0.2) is 11.6 Å². The van der Waals surface area contributed by atoms with Crippen molar-refractivity contribution in [1.29, 1.82) is 0 Å². The summed E-state index contributed by atoms with van der Waals surface area (Å²) in [5.74, 6) is 0.953. The van der Waals surface area contributed by atoms with Gasteiger partial charge in [-0.05, 0) is 66.6 Å². The smallest absolute Gasteiger partial charge is 0.178 e. The zero-order chi connectivity index (χ0) is 23.3. The number of halogens is 1. The average molecular weight is 463 g/mol. The minimum absolute atomic E-state index is 0.0178. The van der Waals surface area contributed by atoms with Crippen LogP contribution in [-0.4, -0.2) is 41.4 Å². The number of carbonyl (C=O) groups excluding carboxylic acids is 2. The highest BCUT2D eigenvalue weighted by molar-refractivity contribution is 6.23. The number of aliphatic hydroxyl groups is 1. The number of fused-ring (bicyclic) bond motifs is 5. The van der Waals surface area contributed by atoms with Gasteiger partial charge >= 0.3 is 0 Å². The van der Waals surface area contributed by atoms with Gasteiger partial charge in [0.25, 0.3) is 0 Å². The largest absolute Gasteiger partial charge is 0.393 e. The fourth-order valence-corrected chi connectivity index (χ4v) is 8.61. The molecule has 0 aliphatic heterocycles. The molecule has 4 aliphatic rings. The monoisotopic (exact) mass is 462 g/mol. The lowest BCUT2D eigenvalue weighted by atomic mass is 9.46. The Balaban J connectivity index is 1.57. The standard InChI is InChI=1S/C27H39ClO4/c1-5-6-7-10-32-15-23(31)24-16(2)11-19-18-13-21(28)20-12-17(29)8-9-26(20,3)25(18)22(30)14-27(19,24)4/h8-9,12,16,18-19,21-22,24-25,30H,5-7,10-11,13-15H2,1-4H3/t16?,18-,19-,21?,22?,24+,25+,26-,27-/m0/s1. The topological polar surface area (TPSA) is 63.6 Å². The molecule has 4 nitrogen and oxygen atoms in total. The van der Waals surface area contributed by atoms with Crippen LogP contribution in [0.2, 0.25) is 0 Å². The lowest BCUT2D eigenvalue weighted by Crippen LogP contribution is -2.58. The second-order valence-corrected chi connectivity index (χ2v) is 11.8. The van der Waals surface area contributed by atoms with Gasteiger partial charge in [0.1, 0.15) is 6.61 Å². The number of alkyl halides is 1. The van der Waals surface area contributed by atoms with Gasteiger partial charge in [-0.15, -0.1) is 11.6 Å². The molecule has 0 aromatic rings. The van der Waals surface area contributed by atoms with Crippen molar-refractivity contribution < 1.29 is 19.4 Å². The summed E-state index contributed by atoms with van der Waals surface area (Å²) >= 11 is 6.87. The highest BCUT2D eigenvalue weighted by atomic mass is 35.5. The molecule has 9 atom stereocenters. The van der Waals surface area contributed by atoms with E-state index < -0.39 is 11.5 Å². The van der Waals surface area contributed by atoms with Gasteiger partial charge in [-0.25, -0.2) is 0 Å². The van der Waals surface area contributed by atoms with Crippen LogP contribution in [0.25, 0.3) is 0 Å². The number of unbranched alkanes of at least 4 members (excludes halogenated alkanes) is 2. The zero-order valence-corrected chi connectivity index (χ0v) is 20.7. The number of carbonyl (C=O) groups is 2. The molecule has 1 N–H and O–H groups in total. The minimum atomic E-state index is -0.525. The van der Waals surface area contributed by atoms with Crippen molar-refractivity contribution in [3.63, 3.8) is 0 Å². The summed E-state index contributed by atoms with van der Waals surface area (Å²) in [6.07, 6.45) is 10.4. The summed E-state index contributed by atoms with van der Waals surface area (Å²) in [7, 11) is 0. The first-order chi connectivity index (χ1) is 15.1. The third-order valence-corrected chi connectivity index (χ3v) is 9.71. The highest BCUT2D eigenvalue weighted by Crippen LogP contribution is 2.67. The number of ketones is 2. The summed E-state index contributed by atoms with van der Waals surface area (Å²) in [6.45, 7) is 9.52. The van der Waals surface area contributed by atoms with Crippen LogP contribution >= 0.6 is 11.6 Å². The van der Waals surface area contributed by atoms with Gasteiger partial charge in [0.05, 0.1) is 11.5 Å². The first-order valence-electron chi connectivity index (χ1n) is 12.5. The van der Waals surface area contributed by atoms with Crippen LogP contribution in [0, 0.1) is 40.4 Å². The van der Waals surface area contributed by atoms with Crippen LogP contribution < -0.4 is 0 Å². The van der Waals surface area contributed by atoms with Crippen molar-refractivity contribution in [3.8, 4) is 0 Å². The minimum Gasteiger partial charge on any atom is -0.393 e. The number of ether oxygens (including phenoxy) is 1. The Morgan fingerprint density at radius 3 is 2.75 bits per heavy atom. The van der Waals surface area contributed by atoms with Crippen LogP contribution in [0.1, 0.15) is 66.2 Å². The maximum atomic E-state index is 13.3. The quantitative estimate of drug-likeness (QED) is 0.421. The van der Waals surface area contributed by atoms with Gasteiger partial charge < -0.3 is 9.84 Å². The molecule has 0 heterocycles. The maximum Gasteiger partial charge on any atom is 0.178 e. The van der Waals surface area contributed by atoms with Crippen LogP contribution in [0.4, 0.5) is 0 Å². The van der Waals surface area contributed by atoms with Crippen molar-refractivity contribution in [3.05, 3.63) is 23.8 Å². The normalized spacial score (nSPS) is 45.1. The fraction of sp³-hybridized carbons (Fsp3) is 0.778. The molecule has 32 heavy (non-hydrogen) atoms. The predicted molar refractivity (Wildman–Crippen MR) is 126 cm³/mol. The summed E-state index contributed by atoms with van der Waals surface area (Å²) in [5.41, 5.74) is 0.305. The van der Waals surface area contributed by atoms with E-state index in [9.17, 15) is 14.7 Å². The summed E-state index contributed by atoms with van der Waals surface area (Å²) in [6, 6.07) is 0. The molecule has 0 aromatic carbocycles. The van der Waals surface area contributed by atoms with E-state index in [1.165, 1.54) is 0 Å². The molecule has 3 saturated carbocycles. The number of rotatable bonds is 7. The zero-order valence-electron chi connectivity index (χ0n) is 20.0. The molecule has 0 aromatic heterocycles. The summed E-state index contributed by atoms with van der Waals surface area (Å²) < 4.78 is 5.75. The molecular formula is C27H39ClO4. The van der Waals surface area contributed by atoms with E-state index in [2.05, 4.69) is 27.7 Å². The van der Waals surface area contributed by atoms with Crippen LogP contribution in [-0.2, 0) is 14.3 Å². The molecule has 0 saturated heterocycles. The molecule has 4 rings (SSSR count). The second kappa shape index (κ2) is 9.00. The lowest BCUT2D eigenvalue weighted by Gasteiger charge is -2.59. The van der Waals surface area contributed by atoms with Crippen LogP contribution in [0.3, 0.4) is 0 Å². The number of aliphatic hydroxyl groups excluding tert-OH is 1. The number of hydrogen-bond acceptors (Lipinski definition) is 4. The third-order valence-electron chi connectivity index (χ3n) is 9.30. The molecule has 5 heteroatoms. The SMILES string of the molecule is CCCCCOCC(=O)[C@H]1C(C)C[C@H]2[C@@H]3CC(Cl)C4=CC(=O)C=C[C@]4(C)[C@H]3C(O)C[C@]12C. The van der Waals surface area contributed by atoms with Crippen molar-refractivity contribution in [2.45, 2.75) is 77.7 Å². The average Bonchev–Trinajstić information content (AvgIpc) is 2.98. The third kappa shape index (κ3) is 3.84. The molecule has 0 spiro atoms. The van der Waals surface area contributed by atoms with E-state index in [4.69, 9.17) is 16.3 Å². The molecule has 0 amide bonds. The van der Waals surface area contributed by atoms with E-state index in [1.807, 2.05) is 6.08 Å². The van der Waals surface area contributed by atoms with E-state index in [-0.39, 0.29) is 52.6 Å². The van der Waals surface area contributed by atoms with Gasteiger partial charge in [-0.2, -0.15) is 0 Å². The fourth-order valence-electron chi connectivity index (χ4n) is 8.10. The van der Waals surface area contributed by atoms with Crippen molar-refractivity contribution in [2.75, 3.05) is 13.2 Å². The van der Waals surface area contributed by atoms with Crippen LogP contribution in [0.15, 0.2) is 23.8 Å². The Morgan fingerprint density at radius 2 is 2.03 bits per heavy atom. The van der Waals surface area contributed by atoms with Gasteiger partial charge in [0.2, 0.25) is 0 Å². The Labute approximate surface area is 197 Å². The van der Waals surface area contributed by atoms with Crippen molar-refractivity contribution in [1.82, 2.24) is 0 Å². The lowest BCUT2D eigenvalue weighted by molar-refractivity contribution is -0.143. The van der Waals surface area contributed by atoms with Crippen LogP contribution in [0.5, 0.6) is 0 Å². The van der Waals surface area contributed by atoms with Gasteiger partial charge in [-0.3, -0.25) is 9.59 Å². The van der Waals surface area contributed by atoms with E-state index >= 15 is 0 Å². The van der Waals surface area contributed by atoms with Crippen molar-refractivity contribution in [2.24, 2.45) is 40.4 Å². The number of Topliss-reactive ketones (excluding diaryl/α,β-unsaturated/α-hetero) is 1. The van der Waals surface area contributed by atoms with E-state index in [1.54, 1.807) is 12.2 Å². The molecule has 0 radical (unpaired) electrons. The molecule has 3 unspecified atom stereocenters. The number of allylic oxidation sites excluding steroid dienone is 4. The van der Waals surface area contributed by atoms with E-state index in [0.717, 1.165) is 37.7 Å². The second-order valence-electron chi connectivity index (χ2n) is 11.3. The number of hydrogen-bond donors (Lipinski definition) is 1. The summed E-state index contributed by atoms with van der Waals surface area (Å²) in [5, 5.41) is 11.3. The Bertz CT molecular complexity index is 818. The Kier molecular flexibility index (Phi) is 6.80. The first kappa shape index (κ1) is 24.2. The molecule has 0 bridgehead atoms. The first-order valence-corrected chi connectivity index (χ1v) is 12.9. The predicted octanol–water partition coefficient (Wildman–Crippen LogP) is 5.12. The molecule has 4 aliphatic carbocycles. The summed E-state index contributed by atoms with van der Waals surface area (Å²) in [4.78, 5) is 25.4. The van der Waals surface area contributed by atoms with E-state index in [0.29, 0.717) is 18.9 Å². The Hall–Kier alpha value is -0.970. The molecular weight excluding hydrogens is 424 g/mol. The van der Waals surface area contributed by atoms with Gasteiger partial charge in [0, 0.05) is 23.9 Å². The maximum absolute atomic E-state index is 13.3. The van der Waals surface area contributed by atoms with Gasteiger partial charge in [-0.1, -0.05) is 46.6 Å². The molecule has 178 valence electrons.